The molecule has 5 heteroatoms. The Labute approximate surface area is 124 Å². The van der Waals surface area contributed by atoms with E-state index in [-0.39, 0.29) is 0 Å². The first kappa shape index (κ1) is 14.9. The average molecular weight is 288 g/mol. The second-order valence-electron chi connectivity index (χ2n) is 4.47. The topological polar surface area (TPSA) is 50.7 Å². The van der Waals surface area contributed by atoms with Crippen LogP contribution >= 0.6 is 11.8 Å². The first-order chi connectivity index (χ1) is 9.83. The van der Waals surface area contributed by atoms with E-state index in [9.17, 15) is 0 Å². The molecule has 106 valence electrons. The molecular formula is C15H20N4S. The van der Waals surface area contributed by atoms with E-state index in [1.165, 1.54) is 11.8 Å². The summed E-state index contributed by atoms with van der Waals surface area (Å²) in [5.74, 6) is 0. The quantitative estimate of drug-likeness (QED) is 0.791. The molecule has 0 amide bonds. The van der Waals surface area contributed by atoms with Gasteiger partial charge >= 0.3 is 0 Å². The fourth-order valence-electron chi connectivity index (χ4n) is 1.88. The SMILES string of the molecule is CCCNC(CC)c1ccc(Sc2ncccn2)cn1. The largest absolute Gasteiger partial charge is 0.309 e. The van der Waals surface area contributed by atoms with Gasteiger partial charge in [-0.15, -0.1) is 0 Å². The van der Waals surface area contributed by atoms with Crippen LogP contribution in [0.2, 0.25) is 0 Å². The zero-order chi connectivity index (χ0) is 14.2. The fourth-order valence-corrected chi connectivity index (χ4v) is 2.56. The summed E-state index contributed by atoms with van der Waals surface area (Å²) in [5.41, 5.74) is 1.10. The Bertz CT molecular complexity index is 501. The van der Waals surface area contributed by atoms with E-state index in [1.54, 1.807) is 12.4 Å². The van der Waals surface area contributed by atoms with E-state index in [1.807, 2.05) is 12.3 Å². The molecule has 1 N–H and O–H groups in total. The molecule has 0 bridgehead atoms. The van der Waals surface area contributed by atoms with E-state index in [2.05, 4.69) is 46.2 Å². The monoisotopic (exact) mass is 288 g/mol. The highest BCUT2D eigenvalue weighted by atomic mass is 32.2. The lowest BCUT2D eigenvalue weighted by Gasteiger charge is -2.16. The van der Waals surface area contributed by atoms with Gasteiger partial charge in [-0.1, -0.05) is 13.8 Å². The van der Waals surface area contributed by atoms with Crippen molar-refractivity contribution in [2.24, 2.45) is 0 Å². The van der Waals surface area contributed by atoms with Gasteiger partial charge in [0.25, 0.3) is 0 Å². The van der Waals surface area contributed by atoms with Gasteiger partial charge < -0.3 is 5.32 Å². The number of nitrogens with zero attached hydrogens (tertiary/aromatic N) is 3. The van der Waals surface area contributed by atoms with Crippen molar-refractivity contribution >= 4 is 11.8 Å². The van der Waals surface area contributed by atoms with Crippen LogP contribution in [0.25, 0.3) is 0 Å². The molecule has 2 rings (SSSR count). The van der Waals surface area contributed by atoms with Crippen molar-refractivity contribution in [1.29, 1.82) is 0 Å². The third kappa shape index (κ3) is 4.28. The minimum atomic E-state index is 0.335. The predicted molar refractivity (Wildman–Crippen MR) is 81.7 cm³/mol. The van der Waals surface area contributed by atoms with Crippen LogP contribution in [0.5, 0.6) is 0 Å². The second kappa shape index (κ2) is 7.97. The molecule has 0 aliphatic rings. The molecule has 0 aromatic carbocycles. The van der Waals surface area contributed by atoms with E-state index in [0.717, 1.165) is 35.1 Å². The van der Waals surface area contributed by atoms with Gasteiger partial charge in [0.05, 0.1) is 5.69 Å². The van der Waals surface area contributed by atoms with Gasteiger partial charge in [-0.05, 0) is 49.3 Å². The van der Waals surface area contributed by atoms with Gasteiger partial charge in [0.2, 0.25) is 0 Å². The molecule has 1 unspecified atom stereocenters. The Hall–Kier alpha value is -1.46. The van der Waals surface area contributed by atoms with Gasteiger partial charge in [0.15, 0.2) is 5.16 Å². The van der Waals surface area contributed by atoms with Crippen molar-refractivity contribution in [3.8, 4) is 0 Å². The third-order valence-electron chi connectivity index (χ3n) is 2.92. The number of rotatable bonds is 7. The van der Waals surface area contributed by atoms with Crippen LogP contribution in [0.1, 0.15) is 38.4 Å². The van der Waals surface area contributed by atoms with E-state index < -0.39 is 0 Å². The molecule has 0 saturated carbocycles. The highest BCUT2D eigenvalue weighted by Crippen LogP contribution is 2.24. The van der Waals surface area contributed by atoms with Crippen LogP contribution in [-0.2, 0) is 0 Å². The molecule has 0 spiro atoms. The molecule has 0 fully saturated rings. The summed E-state index contributed by atoms with van der Waals surface area (Å²) in [6, 6.07) is 6.32. The molecule has 2 heterocycles. The number of aromatic nitrogens is 3. The first-order valence-electron chi connectivity index (χ1n) is 6.97. The average Bonchev–Trinajstić information content (AvgIpc) is 2.50. The maximum absolute atomic E-state index is 4.56. The van der Waals surface area contributed by atoms with Crippen molar-refractivity contribution in [2.45, 2.75) is 42.8 Å². The van der Waals surface area contributed by atoms with Crippen LogP contribution in [0.4, 0.5) is 0 Å². The van der Waals surface area contributed by atoms with Gasteiger partial charge in [-0.25, -0.2) is 9.97 Å². The van der Waals surface area contributed by atoms with Gasteiger partial charge in [0.1, 0.15) is 0 Å². The second-order valence-corrected chi connectivity index (χ2v) is 5.51. The minimum absolute atomic E-state index is 0.335. The Morgan fingerprint density at radius 1 is 1.15 bits per heavy atom. The highest BCUT2D eigenvalue weighted by Gasteiger charge is 2.09. The lowest BCUT2D eigenvalue weighted by atomic mass is 10.1. The summed E-state index contributed by atoms with van der Waals surface area (Å²) in [6.45, 7) is 5.37. The number of pyridine rings is 1. The molecule has 0 saturated heterocycles. The lowest BCUT2D eigenvalue weighted by molar-refractivity contribution is 0.507. The molecule has 0 aliphatic carbocycles. The first-order valence-corrected chi connectivity index (χ1v) is 7.79. The normalized spacial score (nSPS) is 12.3. The summed E-state index contributed by atoms with van der Waals surface area (Å²) >= 11 is 1.53. The fraction of sp³-hybridized carbons (Fsp3) is 0.400. The summed E-state index contributed by atoms with van der Waals surface area (Å²) in [6.07, 6.45) is 7.57. The molecule has 2 aromatic heterocycles. The van der Waals surface area contributed by atoms with Gasteiger partial charge in [-0.3, -0.25) is 4.98 Å². The molecule has 1 atom stereocenters. The van der Waals surface area contributed by atoms with Gasteiger partial charge in [-0.2, -0.15) is 0 Å². The summed E-state index contributed by atoms with van der Waals surface area (Å²) in [7, 11) is 0. The van der Waals surface area contributed by atoms with Crippen molar-refractivity contribution in [3.63, 3.8) is 0 Å². The van der Waals surface area contributed by atoms with Crippen LogP contribution in [0.15, 0.2) is 46.8 Å². The predicted octanol–water partition coefficient (Wildman–Crippen LogP) is 3.47. The smallest absolute Gasteiger partial charge is 0.192 e. The molecular weight excluding hydrogens is 268 g/mol. The van der Waals surface area contributed by atoms with Crippen LogP contribution in [0, 0.1) is 0 Å². The third-order valence-corrected chi connectivity index (χ3v) is 3.79. The molecule has 0 radical (unpaired) electrons. The highest BCUT2D eigenvalue weighted by molar-refractivity contribution is 7.99. The number of nitrogens with one attached hydrogen (secondary N) is 1. The zero-order valence-electron chi connectivity index (χ0n) is 11.9. The van der Waals surface area contributed by atoms with E-state index in [0.29, 0.717) is 6.04 Å². The van der Waals surface area contributed by atoms with Gasteiger partial charge in [0, 0.05) is 29.5 Å². The minimum Gasteiger partial charge on any atom is -0.309 e. The molecule has 20 heavy (non-hydrogen) atoms. The molecule has 4 nitrogen and oxygen atoms in total. The Morgan fingerprint density at radius 2 is 1.95 bits per heavy atom. The zero-order valence-corrected chi connectivity index (χ0v) is 12.7. The van der Waals surface area contributed by atoms with Crippen LogP contribution in [0.3, 0.4) is 0 Å². The van der Waals surface area contributed by atoms with Crippen molar-refractivity contribution in [3.05, 3.63) is 42.5 Å². The van der Waals surface area contributed by atoms with Crippen molar-refractivity contribution in [2.75, 3.05) is 6.54 Å². The van der Waals surface area contributed by atoms with Crippen molar-refractivity contribution in [1.82, 2.24) is 20.3 Å². The Balaban J connectivity index is 2.02. The standard InChI is InChI=1S/C15H20N4S/c1-3-8-16-13(4-2)14-7-6-12(11-19-14)20-15-17-9-5-10-18-15/h5-7,9-11,13,16H,3-4,8H2,1-2H3. The molecule has 2 aromatic rings. The Morgan fingerprint density at radius 3 is 2.55 bits per heavy atom. The maximum atomic E-state index is 4.56. The number of hydrogen-bond donors (Lipinski definition) is 1. The lowest BCUT2D eigenvalue weighted by Crippen LogP contribution is -2.22. The summed E-state index contributed by atoms with van der Waals surface area (Å²) in [4.78, 5) is 14.0. The van der Waals surface area contributed by atoms with Crippen LogP contribution in [-0.4, -0.2) is 21.5 Å². The van der Waals surface area contributed by atoms with E-state index in [4.69, 9.17) is 0 Å². The summed E-state index contributed by atoms with van der Waals surface area (Å²) < 4.78 is 0. The number of hydrogen-bond acceptors (Lipinski definition) is 5. The van der Waals surface area contributed by atoms with Crippen LogP contribution < -0.4 is 5.32 Å². The Kier molecular flexibility index (Phi) is 5.95. The molecule has 0 aliphatic heterocycles. The maximum Gasteiger partial charge on any atom is 0.192 e. The summed E-state index contributed by atoms with van der Waals surface area (Å²) in [5, 5.41) is 4.26. The van der Waals surface area contributed by atoms with E-state index >= 15 is 0 Å². The van der Waals surface area contributed by atoms with Crippen molar-refractivity contribution < 1.29 is 0 Å².